The first-order valence-electron chi connectivity index (χ1n) is 7.70. The minimum absolute atomic E-state index is 0.254. The van der Waals surface area contributed by atoms with E-state index < -0.39 is 0 Å². The van der Waals surface area contributed by atoms with Crippen LogP contribution in [0.25, 0.3) is 17.2 Å². The molecule has 9 nitrogen and oxygen atoms in total. The highest BCUT2D eigenvalue weighted by Crippen LogP contribution is 2.30. The molecule has 1 aromatic rings. The lowest BCUT2D eigenvalue weighted by Crippen LogP contribution is -2.36. The number of morpholine rings is 1. The SMILES string of the molecule is Cc1nc(N2CCOCC2)ccc1-n1c(N)nc(N)c2ncnc1-2. The van der Waals surface area contributed by atoms with Crippen molar-refractivity contribution in [3.8, 4) is 17.2 Å². The highest BCUT2D eigenvalue weighted by atomic mass is 16.5. The quantitative estimate of drug-likeness (QED) is 0.697. The lowest BCUT2D eigenvalue weighted by atomic mass is 10.2. The first kappa shape index (κ1) is 14.6. The van der Waals surface area contributed by atoms with Gasteiger partial charge in [0.25, 0.3) is 0 Å². The molecule has 0 bridgehead atoms. The van der Waals surface area contributed by atoms with Crippen LogP contribution in [0.2, 0.25) is 0 Å². The van der Waals surface area contributed by atoms with E-state index >= 15 is 0 Å². The summed E-state index contributed by atoms with van der Waals surface area (Å²) in [7, 11) is 0. The second-order valence-electron chi connectivity index (χ2n) is 5.61. The van der Waals surface area contributed by atoms with Gasteiger partial charge in [0.2, 0.25) is 5.95 Å². The first-order chi connectivity index (χ1) is 11.6. The number of anilines is 3. The normalized spacial score (nSPS) is 15.1. The molecule has 0 radical (unpaired) electrons. The van der Waals surface area contributed by atoms with Crippen molar-refractivity contribution in [3.05, 3.63) is 24.2 Å². The lowest BCUT2D eigenvalue weighted by Gasteiger charge is -2.28. The molecule has 0 spiro atoms. The number of ether oxygens (including phenoxy) is 1. The molecule has 0 atom stereocenters. The van der Waals surface area contributed by atoms with Crippen LogP contribution in [-0.2, 0) is 4.74 Å². The zero-order valence-electron chi connectivity index (χ0n) is 13.3. The van der Waals surface area contributed by atoms with Crippen LogP contribution in [0, 0.1) is 6.92 Å². The second kappa shape index (κ2) is 5.60. The van der Waals surface area contributed by atoms with Crippen molar-refractivity contribution in [1.82, 2.24) is 24.5 Å². The molecule has 124 valence electrons. The van der Waals surface area contributed by atoms with Crippen LogP contribution < -0.4 is 16.4 Å². The van der Waals surface area contributed by atoms with E-state index in [4.69, 9.17) is 21.2 Å². The summed E-state index contributed by atoms with van der Waals surface area (Å²) in [6, 6.07) is 3.94. The summed E-state index contributed by atoms with van der Waals surface area (Å²) in [6.07, 6.45) is 1.45. The molecule has 1 saturated heterocycles. The Bertz CT molecular complexity index is 855. The van der Waals surface area contributed by atoms with Crippen molar-refractivity contribution in [2.75, 3.05) is 42.7 Å². The minimum atomic E-state index is 0.254. The predicted octanol–water partition coefficient (Wildman–Crippen LogP) is 0.472. The summed E-state index contributed by atoms with van der Waals surface area (Å²) in [6.45, 7) is 5.04. The fourth-order valence-electron chi connectivity index (χ4n) is 2.92. The number of nitrogen functional groups attached to an aromatic ring is 2. The van der Waals surface area contributed by atoms with Crippen LogP contribution in [0.5, 0.6) is 0 Å². The molecule has 0 amide bonds. The molecule has 3 aliphatic rings. The summed E-state index contributed by atoms with van der Waals surface area (Å²) >= 11 is 0. The Morgan fingerprint density at radius 1 is 1.08 bits per heavy atom. The Morgan fingerprint density at radius 3 is 2.62 bits per heavy atom. The maximum absolute atomic E-state index is 6.08. The van der Waals surface area contributed by atoms with Gasteiger partial charge >= 0.3 is 0 Å². The summed E-state index contributed by atoms with van der Waals surface area (Å²) in [5.74, 6) is 2.02. The third-order valence-electron chi connectivity index (χ3n) is 4.12. The van der Waals surface area contributed by atoms with Gasteiger partial charge in [0.05, 0.1) is 24.6 Å². The van der Waals surface area contributed by atoms with Gasteiger partial charge in [0, 0.05) is 13.1 Å². The summed E-state index contributed by atoms with van der Waals surface area (Å²) < 4.78 is 7.11. The topological polar surface area (TPSA) is 121 Å². The number of rotatable bonds is 2. The van der Waals surface area contributed by atoms with E-state index in [9.17, 15) is 0 Å². The van der Waals surface area contributed by atoms with Crippen LogP contribution in [0.4, 0.5) is 17.6 Å². The zero-order chi connectivity index (χ0) is 16.7. The Hall–Kier alpha value is -2.94. The molecular weight excluding hydrogens is 308 g/mol. The molecule has 1 aromatic heterocycles. The standard InChI is InChI=1S/C15H18N8O/c1-9-10(2-3-11(20-9)22-4-6-24-7-5-22)23-14-12(18-8-19-14)13(16)21-15(23)17/h2-3,8H,4-7,16H2,1H3,(H2,17,21). The van der Waals surface area contributed by atoms with Gasteiger partial charge in [-0.2, -0.15) is 4.98 Å². The highest BCUT2D eigenvalue weighted by Gasteiger charge is 2.21. The Morgan fingerprint density at radius 2 is 1.88 bits per heavy atom. The largest absolute Gasteiger partial charge is 0.382 e. The van der Waals surface area contributed by atoms with Crippen molar-refractivity contribution in [2.24, 2.45) is 0 Å². The number of fused-ring (bicyclic) bond motifs is 1. The van der Waals surface area contributed by atoms with Crippen molar-refractivity contribution < 1.29 is 4.74 Å². The average molecular weight is 326 g/mol. The molecule has 9 heteroatoms. The van der Waals surface area contributed by atoms with Gasteiger partial charge < -0.3 is 21.1 Å². The van der Waals surface area contributed by atoms with Gasteiger partial charge in [-0.15, -0.1) is 0 Å². The molecule has 0 saturated carbocycles. The minimum Gasteiger partial charge on any atom is -0.382 e. The fourth-order valence-corrected chi connectivity index (χ4v) is 2.92. The second-order valence-corrected chi connectivity index (χ2v) is 5.61. The van der Waals surface area contributed by atoms with Gasteiger partial charge in [0.1, 0.15) is 12.1 Å². The van der Waals surface area contributed by atoms with Crippen LogP contribution in [0.3, 0.4) is 0 Å². The van der Waals surface area contributed by atoms with Gasteiger partial charge in [-0.05, 0) is 19.1 Å². The number of aromatic nitrogens is 5. The first-order valence-corrected chi connectivity index (χ1v) is 7.70. The monoisotopic (exact) mass is 326 g/mol. The number of aryl methyl sites for hydroxylation is 1. The third-order valence-corrected chi connectivity index (χ3v) is 4.12. The number of hydrogen-bond acceptors (Lipinski definition) is 8. The summed E-state index contributed by atoms with van der Waals surface area (Å²) in [5, 5.41) is 0. The van der Waals surface area contributed by atoms with Gasteiger partial charge in [-0.1, -0.05) is 0 Å². The third kappa shape index (κ3) is 2.29. The van der Waals surface area contributed by atoms with Crippen LogP contribution >= 0.6 is 0 Å². The van der Waals surface area contributed by atoms with Crippen LogP contribution in [0.15, 0.2) is 18.5 Å². The number of nitrogens with zero attached hydrogens (tertiary/aromatic N) is 6. The summed E-state index contributed by atoms with van der Waals surface area (Å²) in [4.78, 5) is 19.5. The molecule has 1 fully saturated rings. The van der Waals surface area contributed by atoms with Gasteiger partial charge in [-0.3, -0.25) is 4.57 Å². The fraction of sp³-hybridized carbons (Fsp3) is 0.333. The predicted molar refractivity (Wildman–Crippen MR) is 90.2 cm³/mol. The van der Waals surface area contributed by atoms with E-state index in [0.29, 0.717) is 11.5 Å². The smallest absolute Gasteiger partial charge is 0.208 e. The zero-order valence-corrected chi connectivity index (χ0v) is 13.3. The molecule has 0 unspecified atom stereocenters. The van der Waals surface area contributed by atoms with E-state index in [0.717, 1.165) is 43.5 Å². The van der Waals surface area contributed by atoms with E-state index in [2.05, 4.69) is 19.9 Å². The number of nitrogens with two attached hydrogens (primary N) is 2. The van der Waals surface area contributed by atoms with E-state index in [1.807, 2.05) is 19.1 Å². The maximum atomic E-state index is 6.08. The molecule has 4 rings (SSSR count). The van der Waals surface area contributed by atoms with Crippen molar-refractivity contribution in [2.45, 2.75) is 6.92 Å². The molecular formula is C15H18N8O. The van der Waals surface area contributed by atoms with Crippen molar-refractivity contribution in [3.63, 3.8) is 0 Å². The van der Waals surface area contributed by atoms with Crippen molar-refractivity contribution in [1.29, 1.82) is 0 Å². The van der Waals surface area contributed by atoms with Crippen LogP contribution in [-0.4, -0.2) is 50.8 Å². The number of hydrogen-bond donors (Lipinski definition) is 2. The van der Waals surface area contributed by atoms with Gasteiger partial charge in [0.15, 0.2) is 17.3 Å². The average Bonchev–Trinajstić information content (AvgIpc) is 3.07. The lowest BCUT2D eigenvalue weighted by molar-refractivity contribution is 0.122. The molecule has 0 aliphatic carbocycles. The molecule has 0 aromatic carbocycles. The molecule has 4 N–H and O–H groups in total. The van der Waals surface area contributed by atoms with Crippen molar-refractivity contribution >= 4 is 17.6 Å². The number of pyridine rings is 1. The Kier molecular flexibility index (Phi) is 3.42. The summed E-state index contributed by atoms with van der Waals surface area (Å²) in [5.41, 5.74) is 14.1. The van der Waals surface area contributed by atoms with E-state index in [1.54, 1.807) is 4.57 Å². The maximum Gasteiger partial charge on any atom is 0.208 e. The van der Waals surface area contributed by atoms with E-state index in [-0.39, 0.29) is 11.8 Å². The van der Waals surface area contributed by atoms with Gasteiger partial charge in [-0.25, -0.2) is 15.0 Å². The van der Waals surface area contributed by atoms with E-state index in [1.165, 1.54) is 6.33 Å². The van der Waals surface area contributed by atoms with Crippen LogP contribution in [0.1, 0.15) is 5.69 Å². The highest BCUT2D eigenvalue weighted by molar-refractivity contribution is 5.70. The Labute approximate surface area is 138 Å². The molecule has 4 heterocycles. The number of imidazole rings is 1. The molecule has 24 heavy (non-hydrogen) atoms. The Balaban J connectivity index is 1.79. The molecule has 3 aliphatic heterocycles.